The molecule has 0 aromatic heterocycles. The Morgan fingerprint density at radius 3 is 2.52 bits per heavy atom. The Balaban J connectivity index is 0.00000312. The Morgan fingerprint density at radius 2 is 1.92 bits per heavy atom. The second kappa shape index (κ2) is 12.3. The van der Waals surface area contributed by atoms with E-state index in [4.69, 9.17) is 14.5 Å². The maximum atomic E-state index is 5.56. The van der Waals surface area contributed by atoms with Crippen LogP contribution in [0.3, 0.4) is 0 Å². The van der Waals surface area contributed by atoms with Crippen LogP contribution in [0.4, 0.5) is 0 Å². The van der Waals surface area contributed by atoms with E-state index in [1.54, 1.807) is 7.11 Å². The van der Waals surface area contributed by atoms with Crippen LogP contribution in [0, 0.1) is 0 Å². The normalized spacial score (nSPS) is 22.8. The SMILES string of the molecule is CCNC(=NCC1(N2CCOCC2)CCCCC1)NC(C)COC.I. The highest BCUT2D eigenvalue weighted by Gasteiger charge is 2.38. The first-order valence-corrected chi connectivity index (χ1v) is 9.57. The Bertz CT molecular complexity index is 383. The quantitative estimate of drug-likeness (QED) is 0.341. The van der Waals surface area contributed by atoms with Gasteiger partial charge in [-0.15, -0.1) is 24.0 Å². The molecule has 1 saturated heterocycles. The second-order valence-electron chi connectivity index (χ2n) is 7.08. The van der Waals surface area contributed by atoms with Gasteiger partial charge in [-0.3, -0.25) is 9.89 Å². The van der Waals surface area contributed by atoms with E-state index in [1.165, 1.54) is 32.1 Å². The summed E-state index contributed by atoms with van der Waals surface area (Å²) in [5, 5.41) is 6.82. The lowest BCUT2D eigenvalue weighted by Crippen LogP contribution is -2.57. The fourth-order valence-corrected chi connectivity index (χ4v) is 3.89. The summed E-state index contributed by atoms with van der Waals surface area (Å²) >= 11 is 0. The van der Waals surface area contributed by atoms with Gasteiger partial charge in [0, 0.05) is 38.3 Å². The van der Waals surface area contributed by atoms with Crippen molar-refractivity contribution in [1.82, 2.24) is 15.5 Å². The highest BCUT2D eigenvalue weighted by atomic mass is 127. The molecular formula is C18H37IN4O2. The highest BCUT2D eigenvalue weighted by molar-refractivity contribution is 14.0. The molecular weight excluding hydrogens is 431 g/mol. The van der Waals surface area contributed by atoms with E-state index < -0.39 is 0 Å². The first-order valence-electron chi connectivity index (χ1n) is 9.57. The number of nitrogens with one attached hydrogen (secondary N) is 2. The van der Waals surface area contributed by atoms with Crippen molar-refractivity contribution in [3.05, 3.63) is 0 Å². The fraction of sp³-hybridized carbons (Fsp3) is 0.944. The average Bonchev–Trinajstić information content (AvgIpc) is 2.62. The predicted molar refractivity (Wildman–Crippen MR) is 114 cm³/mol. The zero-order valence-corrected chi connectivity index (χ0v) is 18.5. The number of rotatable bonds is 7. The first-order chi connectivity index (χ1) is 11.7. The zero-order valence-electron chi connectivity index (χ0n) is 16.2. The molecule has 6 nitrogen and oxygen atoms in total. The largest absolute Gasteiger partial charge is 0.383 e. The lowest BCUT2D eigenvalue weighted by Gasteiger charge is -2.47. The molecule has 2 aliphatic rings. The van der Waals surface area contributed by atoms with Gasteiger partial charge in [0.2, 0.25) is 0 Å². The van der Waals surface area contributed by atoms with E-state index in [-0.39, 0.29) is 35.6 Å². The molecule has 148 valence electrons. The molecule has 1 atom stereocenters. The number of aliphatic imine (C=N–C) groups is 1. The summed E-state index contributed by atoms with van der Waals surface area (Å²) in [5.74, 6) is 0.903. The lowest BCUT2D eigenvalue weighted by atomic mass is 9.80. The Morgan fingerprint density at radius 1 is 1.24 bits per heavy atom. The van der Waals surface area contributed by atoms with Crippen molar-refractivity contribution in [2.24, 2.45) is 4.99 Å². The minimum absolute atomic E-state index is 0. The molecule has 0 aromatic carbocycles. The predicted octanol–water partition coefficient (Wildman–Crippen LogP) is 2.23. The van der Waals surface area contributed by atoms with Crippen molar-refractivity contribution in [3.8, 4) is 0 Å². The number of halogens is 1. The second-order valence-corrected chi connectivity index (χ2v) is 7.08. The van der Waals surface area contributed by atoms with E-state index in [1.807, 2.05) is 0 Å². The summed E-state index contributed by atoms with van der Waals surface area (Å²) in [7, 11) is 1.73. The minimum atomic E-state index is 0. The monoisotopic (exact) mass is 468 g/mol. The molecule has 2 N–H and O–H groups in total. The van der Waals surface area contributed by atoms with E-state index in [0.29, 0.717) is 6.61 Å². The van der Waals surface area contributed by atoms with Gasteiger partial charge < -0.3 is 20.1 Å². The van der Waals surface area contributed by atoms with Crippen molar-refractivity contribution in [3.63, 3.8) is 0 Å². The van der Waals surface area contributed by atoms with Crippen LogP contribution in [0.5, 0.6) is 0 Å². The van der Waals surface area contributed by atoms with E-state index in [9.17, 15) is 0 Å². The van der Waals surface area contributed by atoms with Crippen molar-refractivity contribution >= 4 is 29.9 Å². The third kappa shape index (κ3) is 7.19. The van der Waals surface area contributed by atoms with Crippen LogP contribution in [0.1, 0.15) is 46.0 Å². The maximum Gasteiger partial charge on any atom is 0.191 e. The number of morpholine rings is 1. The number of nitrogens with zero attached hydrogens (tertiary/aromatic N) is 2. The molecule has 1 aliphatic heterocycles. The minimum Gasteiger partial charge on any atom is -0.383 e. The number of hydrogen-bond acceptors (Lipinski definition) is 4. The molecule has 0 bridgehead atoms. The first kappa shape index (κ1) is 22.9. The Hall–Kier alpha value is -0.120. The smallest absolute Gasteiger partial charge is 0.191 e. The van der Waals surface area contributed by atoms with Gasteiger partial charge in [-0.05, 0) is 26.7 Å². The highest BCUT2D eigenvalue weighted by Crippen LogP contribution is 2.34. The van der Waals surface area contributed by atoms with Crippen LogP contribution in [0.2, 0.25) is 0 Å². The van der Waals surface area contributed by atoms with E-state index in [2.05, 4.69) is 29.4 Å². The summed E-state index contributed by atoms with van der Waals surface area (Å²) in [6, 6.07) is 0.249. The van der Waals surface area contributed by atoms with Gasteiger partial charge in [-0.25, -0.2) is 0 Å². The lowest BCUT2D eigenvalue weighted by molar-refractivity contribution is -0.0333. The molecule has 1 heterocycles. The Labute approximate surface area is 170 Å². The van der Waals surface area contributed by atoms with Crippen molar-refractivity contribution in [2.45, 2.75) is 57.5 Å². The van der Waals surface area contributed by atoms with Crippen LogP contribution >= 0.6 is 24.0 Å². The van der Waals surface area contributed by atoms with Gasteiger partial charge in [0.15, 0.2) is 5.96 Å². The van der Waals surface area contributed by atoms with Gasteiger partial charge >= 0.3 is 0 Å². The molecule has 1 unspecified atom stereocenters. The van der Waals surface area contributed by atoms with E-state index in [0.717, 1.165) is 45.4 Å². The fourth-order valence-electron chi connectivity index (χ4n) is 3.89. The molecule has 0 aromatic rings. The van der Waals surface area contributed by atoms with Crippen LogP contribution in [0.15, 0.2) is 4.99 Å². The third-order valence-electron chi connectivity index (χ3n) is 5.14. The van der Waals surface area contributed by atoms with Gasteiger partial charge in [0.25, 0.3) is 0 Å². The van der Waals surface area contributed by atoms with Crippen molar-refractivity contribution in [1.29, 1.82) is 0 Å². The molecule has 0 amide bonds. The number of methoxy groups -OCH3 is 1. The van der Waals surface area contributed by atoms with Crippen LogP contribution in [-0.2, 0) is 9.47 Å². The van der Waals surface area contributed by atoms with Crippen LogP contribution < -0.4 is 10.6 Å². The molecule has 0 spiro atoms. The maximum absolute atomic E-state index is 5.56. The molecule has 2 rings (SSSR count). The van der Waals surface area contributed by atoms with Crippen molar-refractivity contribution < 1.29 is 9.47 Å². The molecule has 1 saturated carbocycles. The molecule has 25 heavy (non-hydrogen) atoms. The zero-order chi connectivity index (χ0) is 17.3. The number of ether oxygens (including phenoxy) is 2. The third-order valence-corrected chi connectivity index (χ3v) is 5.14. The van der Waals surface area contributed by atoms with E-state index >= 15 is 0 Å². The molecule has 0 radical (unpaired) electrons. The Kier molecular flexibility index (Phi) is 11.3. The molecule has 2 fully saturated rings. The van der Waals surface area contributed by atoms with Gasteiger partial charge in [0.1, 0.15) is 0 Å². The molecule has 1 aliphatic carbocycles. The van der Waals surface area contributed by atoms with Crippen LogP contribution in [-0.4, -0.2) is 75.5 Å². The standard InChI is InChI=1S/C18H36N4O2.HI/c1-4-19-17(21-16(2)14-23-3)20-15-18(8-6-5-7-9-18)22-10-12-24-13-11-22;/h16H,4-15H2,1-3H3,(H2,19,20,21);1H. The van der Waals surface area contributed by atoms with Crippen molar-refractivity contribution in [2.75, 3.05) is 53.1 Å². The molecule has 7 heteroatoms. The average molecular weight is 468 g/mol. The van der Waals surface area contributed by atoms with Crippen LogP contribution in [0.25, 0.3) is 0 Å². The summed E-state index contributed by atoms with van der Waals surface area (Å²) in [6.07, 6.45) is 6.50. The van der Waals surface area contributed by atoms with Gasteiger partial charge in [0.05, 0.1) is 26.4 Å². The summed E-state index contributed by atoms with van der Waals surface area (Å²) in [5.41, 5.74) is 0.217. The summed E-state index contributed by atoms with van der Waals surface area (Å²) in [6.45, 7) is 10.4. The topological polar surface area (TPSA) is 58.1 Å². The van der Waals surface area contributed by atoms with Gasteiger partial charge in [-0.2, -0.15) is 0 Å². The summed E-state index contributed by atoms with van der Waals surface area (Å²) < 4.78 is 10.8. The summed E-state index contributed by atoms with van der Waals surface area (Å²) in [4.78, 5) is 7.60. The van der Waals surface area contributed by atoms with Gasteiger partial charge in [-0.1, -0.05) is 19.3 Å². The number of hydrogen-bond donors (Lipinski definition) is 2. The number of guanidine groups is 1.